The summed E-state index contributed by atoms with van der Waals surface area (Å²) in [6.07, 6.45) is 6.65. The zero-order valence-corrected chi connectivity index (χ0v) is 14.7. The average molecular weight is 293 g/mol. The van der Waals surface area contributed by atoms with Crippen molar-refractivity contribution in [3.8, 4) is 0 Å². The minimum absolute atomic E-state index is 1.13. The third-order valence-electron chi connectivity index (χ3n) is 2.86. The molecule has 0 N–H and O–H groups in total. The predicted molar refractivity (Wildman–Crippen MR) is 92.5 cm³/mol. The topological polar surface area (TPSA) is 0 Å². The Morgan fingerprint density at radius 1 is 1.05 bits per heavy atom. The maximum absolute atomic E-state index is 2.58. The summed E-state index contributed by atoms with van der Waals surface area (Å²) in [6.45, 7) is 9.54. The van der Waals surface area contributed by atoms with Crippen molar-refractivity contribution in [3.05, 3.63) is 40.9 Å². The van der Waals surface area contributed by atoms with E-state index in [9.17, 15) is 0 Å². The van der Waals surface area contributed by atoms with Crippen LogP contribution in [0.15, 0.2) is 45.8 Å². The first-order valence-corrected chi connectivity index (χ1v) is 11.9. The van der Waals surface area contributed by atoms with Gasteiger partial charge in [-0.05, 0) is 29.9 Å². The van der Waals surface area contributed by atoms with Crippen molar-refractivity contribution < 1.29 is 0 Å². The third-order valence-corrected chi connectivity index (χ3v) is 5.38. The van der Waals surface area contributed by atoms with Crippen LogP contribution in [0.5, 0.6) is 0 Å². The molecule has 0 aromatic heterocycles. The highest BCUT2D eigenvalue weighted by Crippen LogP contribution is 2.31. The number of hydrogen-bond acceptors (Lipinski definition) is 1. The van der Waals surface area contributed by atoms with Crippen LogP contribution in [0.4, 0.5) is 0 Å². The van der Waals surface area contributed by atoms with E-state index in [-0.39, 0.29) is 0 Å². The largest absolute Gasteiger partial charge is 0.0953 e. The van der Waals surface area contributed by atoms with Crippen LogP contribution in [0.2, 0.25) is 19.6 Å². The van der Waals surface area contributed by atoms with E-state index >= 15 is 0 Å². The van der Waals surface area contributed by atoms with Gasteiger partial charge in [-0.25, -0.2) is 0 Å². The molecule has 1 rings (SSSR count). The van der Waals surface area contributed by atoms with E-state index in [4.69, 9.17) is 0 Å². The quantitative estimate of drug-likeness (QED) is 0.299. The maximum Gasteiger partial charge on any atom is 0.0697 e. The Labute approximate surface area is 124 Å². The lowest BCUT2D eigenvalue weighted by Gasteiger charge is -2.14. The molecule has 0 amide bonds. The number of rotatable bonds is 8. The van der Waals surface area contributed by atoms with Crippen molar-refractivity contribution >= 4 is 19.8 Å². The molecule has 106 valence electrons. The fourth-order valence-corrected chi connectivity index (χ4v) is 5.25. The summed E-state index contributed by atoms with van der Waals surface area (Å²) in [7, 11) is -1.13. The van der Waals surface area contributed by atoms with Crippen LogP contribution in [0.3, 0.4) is 0 Å². The molecule has 0 atom stereocenters. The summed E-state index contributed by atoms with van der Waals surface area (Å²) in [6, 6.07) is 10.8. The summed E-state index contributed by atoms with van der Waals surface area (Å²) in [5, 5.41) is 0. The second kappa shape index (κ2) is 8.65. The fraction of sp³-hybridized carbons (Fsp3) is 0.529. The summed E-state index contributed by atoms with van der Waals surface area (Å²) >= 11 is 1.97. The second-order valence-corrected chi connectivity index (χ2v) is 12.4. The standard InChI is InChI=1S/C17H28SSi/c1-5-6-7-9-14-17(15-19(2,3)4)18-16-12-10-8-11-13-16/h8,10-13,15H,5-7,9,14H2,1-4H3/b17-15+. The summed E-state index contributed by atoms with van der Waals surface area (Å²) in [5.74, 6) is 0. The molecule has 0 bridgehead atoms. The lowest BCUT2D eigenvalue weighted by atomic mass is 10.1. The normalized spacial score (nSPS) is 12.7. The SMILES string of the molecule is CCCCCC/C(=C\[Si](C)(C)C)Sc1ccccc1. The Morgan fingerprint density at radius 3 is 2.32 bits per heavy atom. The van der Waals surface area contributed by atoms with Crippen molar-refractivity contribution in [3.63, 3.8) is 0 Å². The number of allylic oxidation sites excluding steroid dienone is 1. The molecule has 0 aliphatic rings. The minimum Gasteiger partial charge on any atom is -0.0953 e. The minimum atomic E-state index is -1.13. The first kappa shape index (κ1) is 16.6. The van der Waals surface area contributed by atoms with E-state index in [0.29, 0.717) is 0 Å². The fourth-order valence-electron chi connectivity index (χ4n) is 2.00. The van der Waals surface area contributed by atoms with E-state index in [2.05, 4.69) is 62.6 Å². The van der Waals surface area contributed by atoms with Crippen LogP contribution in [-0.4, -0.2) is 8.07 Å². The molecule has 0 radical (unpaired) electrons. The Balaban J connectivity index is 2.62. The van der Waals surface area contributed by atoms with Gasteiger partial charge in [0.2, 0.25) is 0 Å². The Morgan fingerprint density at radius 2 is 1.74 bits per heavy atom. The van der Waals surface area contributed by atoms with Gasteiger partial charge >= 0.3 is 0 Å². The van der Waals surface area contributed by atoms with E-state index in [1.807, 2.05) is 11.8 Å². The van der Waals surface area contributed by atoms with E-state index in [0.717, 1.165) is 0 Å². The molecule has 0 nitrogen and oxygen atoms in total. The van der Waals surface area contributed by atoms with Gasteiger partial charge in [0.05, 0.1) is 8.07 Å². The van der Waals surface area contributed by atoms with Crippen molar-refractivity contribution in [2.45, 2.75) is 63.6 Å². The average Bonchev–Trinajstić information content (AvgIpc) is 2.34. The van der Waals surface area contributed by atoms with Crippen molar-refractivity contribution in [2.75, 3.05) is 0 Å². The van der Waals surface area contributed by atoms with Crippen LogP contribution in [0, 0.1) is 0 Å². The highest BCUT2D eigenvalue weighted by Gasteiger charge is 2.12. The highest BCUT2D eigenvalue weighted by molar-refractivity contribution is 8.03. The molecule has 1 aromatic rings. The van der Waals surface area contributed by atoms with Gasteiger partial charge < -0.3 is 0 Å². The highest BCUT2D eigenvalue weighted by atomic mass is 32.2. The van der Waals surface area contributed by atoms with Crippen LogP contribution >= 0.6 is 11.8 Å². The van der Waals surface area contributed by atoms with Gasteiger partial charge in [-0.3, -0.25) is 0 Å². The molecule has 0 heterocycles. The van der Waals surface area contributed by atoms with E-state index in [1.165, 1.54) is 37.0 Å². The summed E-state index contributed by atoms with van der Waals surface area (Å²) < 4.78 is 0. The molecule has 0 saturated heterocycles. The van der Waals surface area contributed by atoms with Gasteiger partial charge in [0, 0.05) is 4.90 Å². The van der Waals surface area contributed by atoms with Gasteiger partial charge in [-0.15, -0.1) is 0 Å². The van der Waals surface area contributed by atoms with Crippen molar-refractivity contribution in [2.24, 2.45) is 0 Å². The Hall–Kier alpha value is -0.473. The predicted octanol–water partition coefficient (Wildman–Crippen LogP) is 6.51. The molecule has 1 aromatic carbocycles. The number of thioether (sulfide) groups is 1. The van der Waals surface area contributed by atoms with Gasteiger partial charge in [0.25, 0.3) is 0 Å². The maximum atomic E-state index is 2.58. The van der Waals surface area contributed by atoms with Crippen LogP contribution in [-0.2, 0) is 0 Å². The first-order chi connectivity index (χ1) is 9.01. The van der Waals surface area contributed by atoms with Crippen molar-refractivity contribution in [1.82, 2.24) is 0 Å². The summed E-state index contributed by atoms with van der Waals surface area (Å²) in [5.41, 5.74) is 2.58. The molecule has 0 unspecified atom stereocenters. The van der Waals surface area contributed by atoms with Crippen LogP contribution in [0.25, 0.3) is 0 Å². The van der Waals surface area contributed by atoms with Gasteiger partial charge in [0.15, 0.2) is 0 Å². The smallest absolute Gasteiger partial charge is 0.0697 e. The second-order valence-electron chi connectivity index (χ2n) is 6.20. The first-order valence-electron chi connectivity index (χ1n) is 7.46. The molecular formula is C17H28SSi. The van der Waals surface area contributed by atoms with Gasteiger partial charge in [-0.2, -0.15) is 0 Å². The van der Waals surface area contributed by atoms with Crippen LogP contribution in [0.1, 0.15) is 39.0 Å². The molecule has 0 fully saturated rings. The Bertz CT molecular complexity index is 376. The van der Waals surface area contributed by atoms with E-state index < -0.39 is 8.07 Å². The summed E-state index contributed by atoms with van der Waals surface area (Å²) in [4.78, 5) is 2.96. The molecule has 0 aliphatic carbocycles. The number of unbranched alkanes of at least 4 members (excludes halogenated alkanes) is 3. The Kier molecular flexibility index (Phi) is 7.55. The number of benzene rings is 1. The monoisotopic (exact) mass is 292 g/mol. The zero-order chi connectivity index (χ0) is 14.1. The van der Waals surface area contributed by atoms with Gasteiger partial charge in [0.1, 0.15) is 0 Å². The van der Waals surface area contributed by atoms with E-state index in [1.54, 1.807) is 4.91 Å². The molecular weight excluding hydrogens is 264 g/mol. The lowest BCUT2D eigenvalue weighted by molar-refractivity contribution is 0.672. The number of hydrogen-bond donors (Lipinski definition) is 0. The molecule has 2 heteroatoms. The zero-order valence-electron chi connectivity index (χ0n) is 12.9. The lowest BCUT2D eigenvalue weighted by Crippen LogP contribution is -2.16. The molecule has 19 heavy (non-hydrogen) atoms. The molecule has 0 aliphatic heterocycles. The van der Waals surface area contributed by atoms with Gasteiger partial charge in [-0.1, -0.05) is 81.5 Å². The molecule has 0 spiro atoms. The molecule has 0 saturated carbocycles. The van der Waals surface area contributed by atoms with Crippen molar-refractivity contribution in [1.29, 1.82) is 0 Å². The third kappa shape index (κ3) is 8.33. The van der Waals surface area contributed by atoms with Crippen LogP contribution < -0.4 is 0 Å².